The number of nitrogens with two attached hydrogens (primary N) is 1. The largest absolute Gasteiger partial charge is 0.507 e. The summed E-state index contributed by atoms with van der Waals surface area (Å²) in [7, 11) is -1.58. The van der Waals surface area contributed by atoms with Crippen molar-refractivity contribution >= 4 is 19.0 Å². The number of hydrogen-bond donors (Lipinski definition) is 6. The number of nitrogens with zero attached hydrogens (tertiary/aromatic N) is 1. The predicted molar refractivity (Wildman–Crippen MR) is 127 cm³/mol. The van der Waals surface area contributed by atoms with Crippen molar-refractivity contribution in [1.29, 1.82) is 0 Å². The van der Waals surface area contributed by atoms with E-state index in [4.69, 9.17) is 10.5 Å². The molecule has 1 heterocycles. The van der Waals surface area contributed by atoms with E-state index < -0.39 is 24.7 Å². The molecule has 1 aliphatic heterocycles. The minimum atomic E-state index is -1.58. The van der Waals surface area contributed by atoms with E-state index in [1.165, 1.54) is 12.1 Å². The van der Waals surface area contributed by atoms with E-state index in [-0.39, 0.29) is 29.7 Å². The maximum absolute atomic E-state index is 12.6. The highest BCUT2D eigenvalue weighted by Crippen LogP contribution is 2.35. The van der Waals surface area contributed by atoms with Crippen LogP contribution in [0.3, 0.4) is 0 Å². The number of carboxylic acids is 1. The second-order valence-electron chi connectivity index (χ2n) is 9.55. The number of aromatic carboxylic acids is 1. The maximum Gasteiger partial charge on any atom is 0.454 e. The number of carboxylic acid groups (broad SMARTS) is 1. The van der Waals surface area contributed by atoms with E-state index in [1.807, 2.05) is 0 Å². The lowest BCUT2D eigenvalue weighted by atomic mass is 9.71. The normalized spacial score (nSPS) is 21.6. The summed E-state index contributed by atoms with van der Waals surface area (Å²) in [6.07, 6.45) is 4.40. The number of phenols is 1. The molecule has 188 valence electrons. The fraction of sp³-hybridized carbons (Fsp3) is 0.652. The van der Waals surface area contributed by atoms with Crippen LogP contribution >= 0.6 is 0 Å². The number of aromatic hydroxyl groups is 1. The Hall–Kier alpha value is -2.34. The van der Waals surface area contributed by atoms with Crippen LogP contribution in [0.25, 0.3) is 0 Å². The Morgan fingerprint density at radius 1 is 1.24 bits per heavy atom. The van der Waals surface area contributed by atoms with Crippen molar-refractivity contribution in [2.45, 2.75) is 63.4 Å². The van der Waals surface area contributed by atoms with E-state index in [0.29, 0.717) is 43.6 Å². The third-order valence-electron chi connectivity index (χ3n) is 6.87. The Balaban J connectivity index is 1.50. The van der Waals surface area contributed by atoms with Crippen LogP contribution < -0.4 is 15.8 Å². The number of nitrogens with one attached hydrogen (secondary N) is 1. The van der Waals surface area contributed by atoms with Crippen LogP contribution in [0.1, 0.15) is 54.9 Å². The zero-order chi connectivity index (χ0) is 24.8. The van der Waals surface area contributed by atoms with Gasteiger partial charge in [0.25, 0.3) is 0 Å². The summed E-state index contributed by atoms with van der Waals surface area (Å²) < 4.78 is 5.80. The Bertz CT molecular complexity index is 855. The fourth-order valence-electron chi connectivity index (χ4n) is 4.67. The first-order valence-electron chi connectivity index (χ1n) is 12.0. The zero-order valence-corrected chi connectivity index (χ0v) is 19.7. The highest BCUT2D eigenvalue weighted by molar-refractivity contribution is 6.43. The first-order chi connectivity index (χ1) is 16.2. The maximum atomic E-state index is 12.6. The van der Waals surface area contributed by atoms with E-state index in [2.05, 4.69) is 5.32 Å². The van der Waals surface area contributed by atoms with E-state index in [9.17, 15) is 29.9 Å². The summed E-state index contributed by atoms with van der Waals surface area (Å²) >= 11 is 0. The van der Waals surface area contributed by atoms with Gasteiger partial charge in [0.2, 0.25) is 5.91 Å². The highest BCUT2D eigenvalue weighted by Gasteiger charge is 2.35. The van der Waals surface area contributed by atoms with Crippen molar-refractivity contribution < 1.29 is 34.6 Å². The Morgan fingerprint density at radius 2 is 1.91 bits per heavy atom. The number of hydrogen-bond acceptors (Lipinski definition) is 8. The van der Waals surface area contributed by atoms with Gasteiger partial charge in [-0.05, 0) is 55.5 Å². The van der Waals surface area contributed by atoms with Gasteiger partial charge in [-0.2, -0.15) is 0 Å². The molecule has 2 aliphatic rings. The third-order valence-corrected chi connectivity index (χ3v) is 6.87. The zero-order valence-electron chi connectivity index (χ0n) is 19.7. The van der Waals surface area contributed by atoms with Crippen LogP contribution in [0.4, 0.5) is 0 Å². The van der Waals surface area contributed by atoms with Crippen molar-refractivity contribution in [2.24, 2.45) is 11.7 Å². The molecule has 1 aliphatic carbocycles. The number of amides is 1. The monoisotopic (exact) mass is 477 g/mol. The van der Waals surface area contributed by atoms with Gasteiger partial charge in [-0.3, -0.25) is 4.79 Å². The molecule has 10 nitrogen and oxygen atoms in total. The summed E-state index contributed by atoms with van der Waals surface area (Å²) in [5.41, 5.74) is 5.47. The van der Waals surface area contributed by atoms with Crippen LogP contribution in [0.2, 0.25) is 5.82 Å². The van der Waals surface area contributed by atoms with Crippen molar-refractivity contribution in [3.8, 4) is 11.5 Å². The summed E-state index contributed by atoms with van der Waals surface area (Å²) in [6, 6.07) is 3.48. The third kappa shape index (κ3) is 6.62. The lowest BCUT2D eigenvalue weighted by Crippen LogP contribution is -2.56. The van der Waals surface area contributed by atoms with Crippen LogP contribution in [-0.4, -0.2) is 82.5 Å². The summed E-state index contributed by atoms with van der Waals surface area (Å²) in [5, 5.41) is 42.0. The standard InChI is InChI=1S/C23H36BN3O7/c1-14(24(32)33)10-16-4-7-19(21(22(16)29)23(30)31)34-18-12-27(13-18)20(28)11-15-2-5-17(6-3-15)26-9-8-25/h4,7,14-15,17-18,26,29,32-33H,2-3,5-6,8-13,25H2,1H3,(H,30,31)/t14-,15?,17?/m1/s1. The molecule has 1 aromatic carbocycles. The Morgan fingerprint density at radius 3 is 2.50 bits per heavy atom. The quantitative estimate of drug-likeness (QED) is 0.250. The minimum Gasteiger partial charge on any atom is -0.507 e. The smallest absolute Gasteiger partial charge is 0.454 e. The molecule has 1 atom stereocenters. The Kier molecular flexibility index (Phi) is 9.18. The molecule has 34 heavy (non-hydrogen) atoms. The molecule has 1 saturated heterocycles. The van der Waals surface area contributed by atoms with Crippen LogP contribution in [0.15, 0.2) is 12.1 Å². The number of ether oxygens (including phenoxy) is 1. The Labute approximate surface area is 200 Å². The SMILES string of the molecule is C[C@H](Cc1ccc(OC2CN(C(=O)CC3CCC(NCCN)CC3)C2)c(C(=O)O)c1O)B(O)O. The van der Waals surface area contributed by atoms with Gasteiger partial charge < -0.3 is 40.9 Å². The number of carbonyl (C=O) groups is 2. The van der Waals surface area contributed by atoms with Gasteiger partial charge in [0.15, 0.2) is 0 Å². The number of carbonyl (C=O) groups excluding carboxylic acids is 1. The number of rotatable bonds is 11. The van der Waals surface area contributed by atoms with Crippen molar-refractivity contribution in [3.63, 3.8) is 0 Å². The topological polar surface area (TPSA) is 166 Å². The second kappa shape index (κ2) is 11.9. The molecule has 11 heteroatoms. The van der Waals surface area contributed by atoms with Crippen LogP contribution in [0, 0.1) is 5.92 Å². The first kappa shape index (κ1) is 26.3. The molecule has 0 spiro atoms. The summed E-state index contributed by atoms with van der Waals surface area (Å²) in [4.78, 5) is 26.1. The van der Waals surface area contributed by atoms with Gasteiger partial charge in [0, 0.05) is 25.6 Å². The van der Waals surface area contributed by atoms with Crippen molar-refractivity contribution in [1.82, 2.24) is 10.2 Å². The predicted octanol–water partition coefficient (Wildman–Crippen LogP) is 0.583. The van der Waals surface area contributed by atoms with Crippen molar-refractivity contribution in [3.05, 3.63) is 23.3 Å². The lowest BCUT2D eigenvalue weighted by Gasteiger charge is -2.40. The molecular formula is C23H36BN3O7. The molecule has 0 bridgehead atoms. The second-order valence-corrected chi connectivity index (χ2v) is 9.55. The average Bonchev–Trinajstić information content (AvgIpc) is 2.76. The molecule has 7 N–H and O–H groups in total. The molecule has 0 aromatic heterocycles. The van der Waals surface area contributed by atoms with Crippen LogP contribution in [0.5, 0.6) is 11.5 Å². The number of benzene rings is 1. The van der Waals surface area contributed by atoms with Gasteiger partial charge in [0.05, 0.1) is 13.1 Å². The first-order valence-corrected chi connectivity index (χ1v) is 12.0. The van der Waals surface area contributed by atoms with E-state index in [0.717, 1.165) is 32.2 Å². The minimum absolute atomic E-state index is 0.0337. The molecule has 1 saturated carbocycles. The lowest BCUT2D eigenvalue weighted by molar-refractivity contribution is -0.141. The molecule has 1 amide bonds. The molecule has 0 unspecified atom stereocenters. The highest BCUT2D eigenvalue weighted by atomic mass is 16.5. The van der Waals surface area contributed by atoms with Crippen molar-refractivity contribution in [2.75, 3.05) is 26.2 Å². The van der Waals surface area contributed by atoms with Gasteiger partial charge in [-0.1, -0.05) is 13.0 Å². The molecular weight excluding hydrogens is 441 g/mol. The van der Waals surface area contributed by atoms with Gasteiger partial charge in [-0.25, -0.2) is 4.79 Å². The number of likely N-dealkylation sites (tertiary alicyclic amines) is 1. The molecule has 2 fully saturated rings. The van der Waals surface area contributed by atoms with Crippen LogP contribution in [-0.2, 0) is 11.2 Å². The van der Waals surface area contributed by atoms with Gasteiger partial charge in [-0.15, -0.1) is 0 Å². The fourth-order valence-corrected chi connectivity index (χ4v) is 4.67. The summed E-state index contributed by atoms with van der Waals surface area (Å²) in [6.45, 7) is 3.78. The van der Waals surface area contributed by atoms with Gasteiger partial charge >= 0.3 is 13.1 Å². The average molecular weight is 477 g/mol. The van der Waals surface area contributed by atoms with E-state index in [1.54, 1.807) is 11.8 Å². The summed E-state index contributed by atoms with van der Waals surface area (Å²) in [5.74, 6) is -1.86. The molecule has 3 rings (SSSR count). The van der Waals surface area contributed by atoms with Gasteiger partial charge in [0.1, 0.15) is 23.2 Å². The molecule has 0 radical (unpaired) electrons. The van der Waals surface area contributed by atoms with E-state index >= 15 is 0 Å². The molecule has 1 aromatic rings.